The molecular formula is C20H33Cl2OTi-. The van der Waals surface area contributed by atoms with Crippen molar-refractivity contribution in [2.45, 2.75) is 78.1 Å². The molecule has 0 radical (unpaired) electrons. The van der Waals surface area contributed by atoms with Crippen LogP contribution in [0, 0.1) is 20.3 Å². The molecule has 0 atom stereocenters. The van der Waals surface area contributed by atoms with Crippen LogP contribution in [-0.2, 0) is 27.9 Å². The molecule has 0 heterocycles. The van der Waals surface area contributed by atoms with Crippen molar-refractivity contribution in [3.8, 4) is 5.75 Å². The van der Waals surface area contributed by atoms with Gasteiger partial charge in [-0.25, -0.2) is 0 Å². The number of hydrogen-bond donors (Lipinski definition) is 1. The van der Waals surface area contributed by atoms with Crippen LogP contribution >= 0.6 is 18.6 Å². The number of phenols is 1. The molecule has 1 aromatic rings. The molecule has 1 N–H and O–H groups in total. The first kappa shape index (κ1) is 24.3. The molecule has 0 aromatic heterocycles. The first-order chi connectivity index (χ1) is 10.6. The monoisotopic (exact) mass is 407 g/mol. The standard InChI is InChI=1S/C19H30O.CH3.2ClH.Ti/c1-13-11-15(18(2,3)4)17(20)16(12-13)19(5,6)14-9-7-8-10-14;;;;/h11-12,14,20H,7-10H2,1-6H3;1H3;2*1H;/q;-1;;;+2/p-2. The Balaban J connectivity index is 0.00000123. The molecule has 4 heteroatoms. The summed E-state index contributed by atoms with van der Waals surface area (Å²) in [4.78, 5) is 0. The fourth-order valence-electron chi connectivity index (χ4n) is 3.71. The minimum atomic E-state index is -0.556. The summed E-state index contributed by atoms with van der Waals surface area (Å²) in [6, 6.07) is 4.34. The van der Waals surface area contributed by atoms with E-state index >= 15 is 0 Å². The van der Waals surface area contributed by atoms with Crippen molar-refractivity contribution < 1.29 is 22.1 Å². The van der Waals surface area contributed by atoms with E-state index in [1.807, 2.05) is 0 Å². The first-order valence-electron chi connectivity index (χ1n) is 8.36. The Kier molecular flexibility index (Phi) is 9.99. The summed E-state index contributed by atoms with van der Waals surface area (Å²) in [5.74, 6) is 1.23. The molecule has 138 valence electrons. The quantitative estimate of drug-likeness (QED) is 0.402. The average molecular weight is 408 g/mol. The molecule has 1 nitrogen and oxygen atoms in total. The Morgan fingerprint density at radius 2 is 1.42 bits per heavy atom. The van der Waals surface area contributed by atoms with E-state index in [1.54, 1.807) is 0 Å². The van der Waals surface area contributed by atoms with Crippen LogP contribution in [0.5, 0.6) is 5.75 Å². The van der Waals surface area contributed by atoms with Gasteiger partial charge in [0.15, 0.2) is 0 Å². The van der Waals surface area contributed by atoms with Crippen LogP contribution < -0.4 is 0 Å². The molecule has 0 aliphatic heterocycles. The topological polar surface area (TPSA) is 20.2 Å². The molecule has 1 aliphatic carbocycles. The van der Waals surface area contributed by atoms with E-state index in [0.717, 1.165) is 11.1 Å². The van der Waals surface area contributed by atoms with Gasteiger partial charge in [-0.05, 0) is 42.1 Å². The Morgan fingerprint density at radius 3 is 1.83 bits per heavy atom. The predicted molar refractivity (Wildman–Crippen MR) is 105 cm³/mol. The van der Waals surface area contributed by atoms with E-state index in [9.17, 15) is 5.11 Å². The molecular weight excluding hydrogens is 375 g/mol. The van der Waals surface area contributed by atoms with E-state index in [-0.39, 0.29) is 18.3 Å². The zero-order chi connectivity index (χ0) is 17.8. The van der Waals surface area contributed by atoms with Gasteiger partial charge in [0.25, 0.3) is 0 Å². The van der Waals surface area contributed by atoms with E-state index in [1.165, 1.54) is 31.2 Å². The number of hydrogen-bond acceptors (Lipinski definition) is 1. The number of benzene rings is 1. The van der Waals surface area contributed by atoms with Crippen LogP contribution in [0.15, 0.2) is 12.1 Å². The summed E-state index contributed by atoms with van der Waals surface area (Å²) in [7, 11) is 9.78. The van der Waals surface area contributed by atoms with Crippen LogP contribution in [0.1, 0.15) is 77.0 Å². The maximum atomic E-state index is 10.8. The summed E-state index contributed by atoms with van der Waals surface area (Å²) >= 11 is -0.556. The molecule has 0 spiro atoms. The fraction of sp³-hybridized carbons (Fsp3) is 0.650. The summed E-state index contributed by atoms with van der Waals surface area (Å²) in [6.07, 6.45) is 5.27. The minimum absolute atomic E-state index is 0. The Bertz CT molecular complexity index is 515. The van der Waals surface area contributed by atoms with Crippen LogP contribution in [0.2, 0.25) is 0 Å². The van der Waals surface area contributed by atoms with Gasteiger partial charge < -0.3 is 12.5 Å². The van der Waals surface area contributed by atoms with Gasteiger partial charge in [0.05, 0.1) is 0 Å². The molecule has 0 bridgehead atoms. The number of rotatable bonds is 2. The van der Waals surface area contributed by atoms with Gasteiger partial charge >= 0.3 is 35.6 Å². The van der Waals surface area contributed by atoms with Gasteiger partial charge in [-0.15, -0.1) is 0 Å². The van der Waals surface area contributed by atoms with Gasteiger partial charge in [-0.3, -0.25) is 0 Å². The Labute approximate surface area is 166 Å². The summed E-state index contributed by atoms with van der Waals surface area (Å²) < 4.78 is 0. The van der Waals surface area contributed by atoms with Crippen LogP contribution in [0.4, 0.5) is 0 Å². The number of halogens is 2. The second kappa shape index (κ2) is 9.86. The van der Waals surface area contributed by atoms with Crippen LogP contribution in [0.3, 0.4) is 0 Å². The molecule has 24 heavy (non-hydrogen) atoms. The van der Waals surface area contributed by atoms with Crippen LogP contribution in [0.25, 0.3) is 0 Å². The third kappa shape index (κ3) is 5.94. The summed E-state index contributed by atoms with van der Waals surface area (Å²) in [6.45, 7) is 13.3. The van der Waals surface area contributed by atoms with Crippen molar-refractivity contribution >= 4 is 18.6 Å². The Morgan fingerprint density at radius 1 is 1.00 bits per heavy atom. The average Bonchev–Trinajstić information content (AvgIpc) is 2.95. The predicted octanol–water partition coefficient (Wildman–Crippen LogP) is 7.29. The normalized spacial score (nSPS) is 15.3. The van der Waals surface area contributed by atoms with Crippen molar-refractivity contribution in [1.82, 2.24) is 0 Å². The number of aromatic hydroxyl groups is 1. The molecule has 1 saturated carbocycles. The van der Waals surface area contributed by atoms with Crippen molar-refractivity contribution in [3.05, 3.63) is 36.2 Å². The van der Waals surface area contributed by atoms with E-state index in [4.69, 9.17) is 18.6 Å². The van der Waals surface area contributed by atoms with Gasteiger partial charge in [0.2, 0.25) is 0 Å². The van der Waals surface area contributed by atoms with E-state index < -0.39 is 17.0 Å². The molecule has 0 saturated heterocycles. The zero-order valence-electron chi connectivity index (χ0n) is 16.3. The maximum absolute atomic E-state index is 10.8. The van der Waals surface area contributed by atoms with Crippen LogP contribution in [-0.4, -0.2) is 5.11 Å². The third-order valence-electron chi connectivity index (χ3n) is 5.13. The summed E-state index contributed by atoms with van der Waals surface area (Å²) in [5, 5.41) is 10.8. The molecule has 0 amide bonds. The van der Waals surface area contributed by atoms with Gasteiger partial charge in [-0.1, -0.05) is 65.2 Å². The third-order valence-corrected chi connectivity index (χ3v) is 5.13. The van der Waals surface area contributed by atoms with Crippen molar-refractivity contribution in [1.29, 1.82) is 0 Å². The number of aryl methyl sites for hydroxylation is 1. The molecule has 1 aromatic carbocycles. The second-order valence-electron chi connectivity index (χ2n) is 8.23. The number of phenolic OH excluding ortho intramolecular Hbond substituents is 1. The van der Waals surface area contributed by atoms with Gasteiger partial charge in [0.1, 0.15) is 5.75 Å². The molecule has 2 rings (SSSR count). The van der Waals surface area contributed by atoms with Crippen molar-refractivity contribution in [3.63, 3.8) is 0 Å². The first-order valence-corrected chi connectivity index (χ1v) is 12.7. The fourth-order valence-corrected chi connectivity index (χ4v) is 3.71. The molecule has 1 fully saturated rings. The van der Waals surface area contributed by atoms with Crippen molar-refractivity contribution in [2.75, 3.05) is 0 Å². The molecule has 1 aliphatic rings. The second-order valence-corrected chi connectivity index (χ2v) is 10.8. The summed E-state index contributed by atoms with van der Waals surface area (Å²) in [5.41, 5.74) is 3.53. The van der Waals surface area contributed by atoms with Crippen molar-refractivity contribution in [2.24, 2.45) is 5.92 Å². The van der Waals surface area contributed by atoms with Gasteiger partial charge in [-0.2, -0.15) is 0 Å². The van der Waals surface area contributed by atoms with Gasteiger partial charge in [0, 0.05) is 5.56 Å². The van der Waals surface area contributed by atoms with E-state index in [0.29, 0.717) is 11.7 Å². The zero-order valence-corrected chi connectivity index (χ0v) is 19.3. The SMILES string of the molecule is Cc1cc(C(C)(C)C)c(O)c(C(C)(C)C2CCCC2)c1.[CH3-].[Cl][Ti][Cl]. The Hall–Kier alpha value is 0.314. The molecule has 0 unspecified atom stereocenters. The van der Waals surface area contributed by atoms with E-state index in [2.05, 4.69) is 53.7 Å².